The maximum absolute atomic E-state index is 11.6. The van der Waals surface area contributed by atoms with E-state index in [1.807, 2.05) is 0 Å². The van der Waals surface area contributed by atoms with Gasteiger partial charge in [-0.2, -0.15) is 0 Å². The zero-order valence-electron chi connectivity index (χ0n) is 10.0. The molecule has 0 saturated heterocycles. The molecular formula is C12H15ClN2O3. The van der Waals surface area contributed by atoms with Gasteiger partial charge in [0.1, 0.15) is 0 Å². The number of hydrogen-bond donors (Lipinski definition) is 2. The fraction of sp³-hybridized carbons (Fsp3) is 0.333. The number of carboxylic acids is 1. The molecule has 0 aliphatic carbocycles. The van der Waals surface area contributed by atoms with Gasteiger partial charge in [0.15, 0.2) is 0 Å². The van der Waals surface area contributed by atoms with Crippen molar-refractivity contribution in [2.24, 2.45) is 0 Å². The van der Waals surface area contributed by atoms with Gasteiger partial charge < -0.3 is 10.4 Å². The Hall–Kier alpha value is -1.59. The lowest BCUT2D eigenvalue weighted by molar-refractivity contribution is -0.137. The zero-order chi connectivity index (χ0) is 13.5. The molecule has 1 amide bonds. The third-order valence-corrected chi connectivity index (χ3v) is 2.46. The van der Waals surface area contributed by atoms with Gasteiger partial charge in [-0.15, -0.1) is 0 Å². The second-order valence-corrected chi connectivity index (χ2v) is 4.38. The second kappa shape index (κ2) is 6.98. The van der Waals surface area contributed by atoms with E-state index in [0.29, 0.717) is 17.3 Å². The van der Waals surface area contributed by atoms with Gasteiger partial charge in [0.05, 0.1) is 13.0 Å². The molecule has 2 N–H and O–H groups in total. The number of halogens is 1. The number of anilines is 1. The first-order valence-corrected chi connectivity index (χ1v) is 5.81. The van der Waals surface area contributed by atoms with Crippen LogP contribution in [0.3, 0.4) is 0 Å². The topological polar surface area (TPSA) is 69.6 Å². The first-order valence-electron chi connectivity index (χ1n) is 5.43. The van der Waals surface area contributed by atoms with Gasteiger partial charge in [-0.1, -0.05) is 17.7 Å². The van der Waals surface area contributed by atoms with Crippen LogP contribution in [0.4, 0.5) is 5.69 Å². The Bertz CT molecular complexity index is 437. The minimum absolute atomic E-state index is 0.0148. The Morgan fingerprint density at radius 2 is 2.17 bits per heavy atom. The summed E-state index contributed by atoms with van der Waals surface area (Å²) in [6.07, 6.45) is 0.0148. The van der Waals surface area contributed by atoms with E-state index in [1.54, 1.807) is 36.2 Å². The number of nitrogens with one attached hydrogen (secondary N) is 1. The number of nitrogens with zero attached hydrogens (tertiary/aromatic N) is 1. The summed E-state index contributed by atoms with van der Waals surface area (Å²) in [7, 11) is 1.69. The van der Waals surface area contributed by atoms with E-state index in [0.717, 1.165) is 0 Å². The van der Waals surface area contributed by atoms with Crippen molar-refractivity contribution in [3.63, 3.8) is 0 Å². The Kier molecular flexibility index (Phi) is 5.61. The summed E-state index contributed by atoms with van der Waals surface area (Å²) in [5.41, 5.74) is 0.624. The highest BCUT2D eigenvalue weighted by Crippen LogP contribution is 2.14. The smallest absolute Gasteiger partial charge is 0.304 e. The number of amides is 1. The predicted molar refractivity (Wildman–Crippen MR) is 69.8 cm³/mol. The van der Waals surface area contributed by atoms with E-state index in [9.17, 15) is 9.59 Å². The molecule has 0 unspecified atom stereocenters. The van der Waals surface area contributed by atoms with Gasteiger partial charge in [0.2, 0.25) is 5.91 Å². The monoisotopic (exact) mass is 270 g/mol. The van der Waals surface area contributed by atoms with Crippen LogP contribution in [0.2, 0.25) is 5.02 Å². The summed E-state index contributed by atoms with van der Waals surface area (Å²) in [5.74, 6) is -1.08. The highest BCUT2D eigenvalue weighted by Gasteiger charge is 2.08. The molecule has 0 radical (unpaired) electrons. The van der Waals surface area contributed by atoms with Crippen molar-refractivity contribution in [2.45, 2.75) is 6.42 Å². The van der Waals surface area contributed by atoms with Gasteiger partial charge in [-0.05, 0) is 25.2 Å². The molecular weight excluding hydrogens is 256 g/mol. The number of benzene rings is 1. The average molecular weight is 271 g/mol. The van der Waals surface area contributed by atoms with Crippen molar-refractivity contribution in [3.05, 3.63) is 29.3 Å². The lowest BCUT2D eigenvalue weighted by Crippen LogP contribution is -2.31. The van der Waals surface area contributed by atoms with E-state index in [1.165, 1.54) is 0 Å². The molecule has 0 aliphatic heterocycles. The van der Waals surface area contributed by atoms with Gasteiger partial charge >= 0.3 is 5.97 Å². The average Bonchev–Trinajstić information content (AvgIpc) is 2.26. The molecule has 0 heterocycles. The molecule has 0 saturated carbocycles. The second-order valence-electron chi connectivity index (χ2n) is 3.94. The Morgan fingerprint density at radius 3 is 2.78 bits per heavy atom. The van der Waals surface area contributed by atoms with Gasteiger partial charge in [0, 0.05) is 17.3 Å². The number of likely N-dealkylation sites (N-methyl/N-ethyl adjacent to an activating group) is 1. The van der Waals surface area contributed by atoms with Crippen molar-refractivity contribution < 1.29 is 14.7 Å². The Morgan fingerprint density at radius 1 is 1.44 bits per heavy atom. The van der Waals surface area contributed by atoms with Crippen LogP contribution in [0, 0.1) is 0 Å². The van der Waals surface area contributed by atoms with Crippen LogP contribution in [0.5, 0.6) is 0 Å². The summed E-state index contributed by atoms with van der Waals surface area (Å²) in [5, 5.41) is 11.8. The highest BCUT2D eigenvalue weighted by molar-refractivity contribution is 6.30. The van der Waals surface area contributed by atoms with E-state index in [-0.39, 0.29) is 18.9 Å². The molecule has 5 nitrogen and oxygen atoms in total. The van der Waals surface area contributed by atoms with Crippen LogP contribution in [-0.4, -0.2) is 42.0 Å². The molecule has 0 spiro atoms. The molecule has 0 bridgehead atoms. The molecule has 1 aromatic carbocycles. The van der Waals surface area contributed by atoms with Crippen molar-refractivity contribution in [2.75, 3.05) is 25.5 Å². The van der Waals surface area contributed by atoms with Crippen LogP contribution in [-0.2, 0) is 9.59 Å². The van der Waals surface area contributed by atoms with E-state index < -0.39 is 5.97 Å². The summed E-state index contributed by atoms with van der Waals surface area (Å²) in [4.78, 5) is 23.7. The molecule has 18 heavy (non-hydrogen) atoms. The fourth-order valence-electron chi connectivity index (χ4n) is 1.38. The number of carbonyl (C=O) groups is 2. The van der Waals surface area contributed by atoms with E-state index in [4.69, 9.17) is 16.7 Å². The zero-order valence-corrected chi connectivity index (χ0v) is 10.8. The van der Waals surface area contributed by atoms with Gasteiger partial charge in [-0.25, -0.2) is 0 Å². The number of carboxylic acid groups (broad SMARTS) is 1. The summed E-state index contributed by atoms with van der Waals surface area (Å²) >= 11 is 5.79. The van der Waals surface area contributed by atoms with Gasteiger partial charge in [-0.3, -0.25) is 14.5 Å². The molecule has 98 valence electrons. The summed E-state index contributed by atoms with van der Waals surface area (Å²) in [6.45, 7) is 0.470. The number of hydrogen-bond acceptors (Lipinski definition) is 3. The van der Waals surface area contributed by atoms with Crippen LogP contribution < -0.4 is 5.32 Å². The predicted octanol–water partition coefficient (Wildman–Crippen LogP) is 1.68. The molecule has 0 aromatic heterocycles. The van der Waals surface area contributed by atoms with E-state index >= 15 is 0 Å². The molecule has 0 fully saturated rings. The largest absolute Gasteiger partial charge is 0.481 e. The minimum Gasteiger partial charge on any atom is -0.481 e. The molecule has 6 heteroatoms. The minimum atomic E-state index is -0.878. The third-order valence-electron chi connectivity index (χ3n) is 2.23. The summed E-state index contributed by atoms with van der Waals surface area (Å²) < 4.78 is 0. The van der Waals surface area contributed by atoms with Crippen molar-refractivity contribution in [1.82, 2.24) is 4.90 Å². The number of aliphatic carboxylic acids is 1. The molecule has 0 atom stereocenters. The highest BCUT2D eigenvalue weighted by atomic mass is 35.5. The quantitative estimate of drug-likeness (QED) is 0.825. The van der Waals surface area contributed by atoms with Crippen molar-refractivity contribution in [3.8, 4) is 0 Å². The first-order chi connectivity index (χ1) is 8.47. The lowest BCUT2D eigenvalue weighted by Gasteiger charge is -2.15. The Balaban J connectivity index is 2.39. The Labute approximate surface area is 110 Å². The maximum atomic E-state index is 11.6. The molecule has 0 aliphatic rings. The number of carbonyl (C=O) groups excluding carboxylic acids is 1. The number of rotatable bonds is 6. The lowest BCUT2D eigenvalue weighted by atomic mass is 10.3. The molecule has 1 rings (SSSR count). The van der Waals surface area contributed by atoms with Crippen LogP contribution in [0.25, 0.3) is 0 Å². The summed E-state index contributed by atoms with van der Waals surface area (Å²) in [6, 6.07) is 6.85. The van der Waals surface area contributed by atoms with Crippen LogP contribution in [0.1, 0.15) is 6.42 Å². The SMILES string of the molecule is CN(CCC(=O)O)CC(=O)Nc1cccc(Cl)c1. The van der Waals surface area contributed by atoms with Crippen LogP contribution >= 0.6 is 11.6 Å². The fourth-order valence-corrected chi connectivity index (χ4v) is 1.57. The first kappa shape index (κ1) is 14.5. The standard InChI is InChI=1S/C12H15ClN2O3/c1-15(6-5-12(17)18)8-11(16)14-10-4-2-3-9(13)7-10/h2-4,7H,5-6,8H2,1H3,(H,14,16)(H,17,18). The van der Waals surface area contributed by atoms with Crippen molar-refractivity contribution >= 4 is 29.2 Å². The van der Waals surface area contributed by atoms with Crippen LogP contribution in [0.15, 0.2) is 24.3 Å². The van der Waals surface area contributed by atoms with Gasteiger partial charge in [0.25, 0.3) is 0 Å². The van der Waals surface area contributed by atoms with Crippen molar-refractivity contribution in [1.29, 1.82) is 0 Å². The normalized spacial score (nSPS) is 10.4. The maximum Gasteiger partial charge on any atom is 0.304 e. The third kappa shape index (κ3) is 5.65. The molecule has 1 aromatic rings. The van der Waals surface area contributed by atoms with E-state index in [2.05, 4.69) is 5.32 Å².